The maximum absolute atomic E-state index is 12.1. The number of carbonyl (C=O) groups excluding carboxylic acids is 1. The highest BCUT2D eigenvalue weighted by Gasteiger charge is 2.16. The Labute approximate surface area is 149 Å². The second kappa shape index (κ2) is 8.99. The molecule has 5 nitrogen and oxygen atoms in total. The first kappa shape index (κ1) is 18.7. The molecule has 0 aliphatic carbocycles. The van der Waals surface area contributed by atoms with Gasteiger partial charge in [0.25, 0.3) is 0 Å². The summed E-state index contributed by atoms with van der Waals surface area (Å²) in [6.07, 6.45) is 1.93. The lowest BCUT2D eigenvalue weighted by molar-refractivity contribution is -0.118. The molecule has 0 saturated carbocycles. The van der Waals surface area contributed by atoms with Crippen LogP contribution in [-0.4, -0.2) is 27.4 Å². The summed E-state index contributed by atoms with van der Waals surface area (Å²) >= 11 is 5.87. The van der Waals surface area contributed by atoms with Crippen molar-refractivity contribution in [3.05, 3.63) is 40.7 Å². The summed E-state index contributed by atoms with van der Waals surface area (Å²) in [7, 11) is -1.32. The summed E-state index contributed by atoms with van der Waals surface area (Å²) in [6, 6.07) is 7.15. The topological polar surface area (TPSA) is 72.2 Å². The number of aryl methyl sites for hydroxylation is 1. The first-order valence-electron chi connectivity index (χ1n) is 7.83. The van der Waals surface area contributed by atoms with Crippen molar-refractivity contribution in [1.29, 1.82) is 0 Å². The summed E-state index contributed by atoms with van der Waals surface area (Å²) in [5.74, 6) is 1.06. The van der Waals surface area contributed by atoms with E-state index in [-0.39, 0.29) is 17.4 Å². The monoisotopic (exact) mass is 368 g/mol. The van der Waals surface area contributed by atoms with Crippen LogP contribution in [0, 0.1) is 6.92 Å². The van der Waals surface area contributed by atoms with Crippen LogP contribution in [0.5, 0.6) is 0 Å². The van der Waals surface area contributed by atoms with Gasteiger partial charge in [-0.1, -0.05) is 24.9 Å². The molecule has 0 spiro atoms. The molecule has 2 rings (SSSR count). The van der Waals surface area contributed by atoms with Crippen molar-refractivity contribution < 1.29 is 13.4 Å². The van der Waals surface area contributed by atoms with E-state index in [1.165, 1.54) is 0 Å². The zero-order valence-corrected chi connectivity index (χ0v) is 15.4. The lowest BCUT2D eigenvalue weighted by Crippen LogP contribution is -2.29. The van der Waals surface area contributed by atoms with E-state index in [4.69, 9.17) is 16.0 Å². The van der Waals surface area contributed by atoms with E-state index in [1.54, 1.807) is 19.1 Å². The molecule has 0 fully saturated rings. The number of amides is 1. The highest BCUT2D eigenvalue weighted by molar-refractivity contribution is 7.84. The van der Waals surface area contributed by atoms with Crippen LogP contribution in [-0.2, 0) is 21.3 Å². The average molecular weight is 369 g/mol. The number of nitrogens with zero attached hydrogens (tertiary/aromatic N) is 1. The first-order valence-corrected chi connectivity index (χ1v) is 9.70. The van der Waals surface area contributed by atoms with E-state index in [2.05, 4.69) is 17.2 Å². The molecule has 1 aromatic heterocycles. The Bertz CT molecular complexity index is 713. The van der Waals surface area contributed by atoms with Gasteiger partial charge in [-0.3, -0.25) is 9.00 Å². The lowest BCUT2D eigenvalue weighted by Gasteiger charge is -2.03. The number of benzene rings is 1. The number of carbonyl (C=O) groups is 1. The van der Waals surface area contributed by atoms with Gasteiger partial charge in [0, 0.05) is 27.9 Å². The fourth-order valence-corrected chi connectivity index (χ4v) is 3.28. The Morgan fingerprint density at radius 1 is 1.33 bits per heavy atom. The van der Waals surface area contributed by atoms with Crippen molar-refractivity contribution in [1.82, 2.24) is 10.3 Å². The highest BCUT2D eigenvalue weighted by Crippen LogP contribution is 2.23. The minimum atomic E-state index is -1.32. The van der Waals surface area contributed by atoms with Crippen LogP contribution in [0.1, 0.15) is 31.2 Å². The molecule has 0 aliphatic heterocycles. The van der Waals surface area contributed by atoms with E-state index in [1.807, 2.05) is 12.1 Å². The van der Waals surface area contributed by atoms with Gasteiger partial charge < -0.3 is 9.73 Å². The molecule has 1 aromatic carbocycles. The smallest absolute Gasteiger partial charge is 0.232 e. The second-order valence-corrected chi connectivity index (χ2v) is 7.35. The van der Waals surface area contributed by atoms with Gasteiger partial charge in [0.1, 0.15) is 11.5 Å². The zero-order chi connectivity index (χ0) is 17.5. The zero-order valence-electron chi connectivity index (χ0n) is 13.8. The highest BCUT2D eigenvalue weighted by atomic mass is 35.5. The van der Waals surface area contributed by atoms with E-state index in [0.717, 1.165) is 18.4 Å². The number of aromatic nitrogens is 1. The number of nitrogens with one attached hydrogen (secondary N) is 1. The predicted octanol–water partition coefficient (Wildman–Crippen LogP) is 3.47. The minimum Gasteiger partial charge on any atom is -0.441 e. The number of unbranched alkanes of at least 4 members (excludes halogenated alkanes) is 1. The molecule has 2 aromatic rings. The molecule has 7 heteroatoms. The number of rotatable bonds is 8. The van der Waals surface area contributed by atoms with E-state index >= 15 is 0 Å². The van der Waals surface area contributed by atoms with Crippen LogP contribution in [0.3, 0.4) is 0 Å². The predicted molar refractivity (Wildman–Crippen MR) is 96.3 cm³/mol. The molecule has 1 N–H and O–H groups in total. The Morgan fingerprint density at radius 2 is 2.04 bits per heavy atom. The third-order valence-corrected chi connectivity index (χ3v) is 4.86. The SMILES string of the molecule is CCCCNC(=O)C[S@@](=O)Cc1nc(-c2ccc(Cl)cc2)oc1C. The molecule has 1 heterocycles. The van der Waals surface area contributed by atoms with E-state index in [9.17, 15) is 9.00 Å². The third kappa shape index (κ3) is 5.46. The Kier molecular flexibility index (Phi) is 6.99. The van der Waals surface area contributed by atoms with Gasteiger partial charge in [0.2, 0.25) is 11.8 Å². The number of oxazole rings is 1. The van der Waals surface area contributed by atoms with Crippen LogP contribution < -0.4 is 5.32 Å². The van der Waals surface area contributed by atoms with Gasteiger partial charge in [-0.25, -0.2) is 4.98 Å². The van der Waals surface area contributed by atoms with Crippen LogP contribution in [0.15, 0.2) is 28.7 Å². The van der Waals surface area contributed by atoms with Gasteiger partial charge in [-0.05, 0) is 37.6 Å². The fourth-order valence-electron chi connectivity index (χ4n) is 2.08. The number of hydrogen-bond donors (Lipinski definition) is 1. The van der Waals surface area contributed by atoms with Crippen molar-refractivity contribution in [2.45, 2.75) is 32.4 Å². The molecule has 1 atom stereocenters. The number of hydrogen-bond acceptors (Lipinski definition) is 4. The molecule has 24 heavy (non-hydrogen) atoms. The first-order chi connectivity index (χ1) is 11.5. The Hall–Kier alpha value is -1.66. The molecule has 0 bridgehead atoms. The summed E-state index contributed by atoms with van der Waals surface area (Å²) in [5.41, 5.74) is 1.41. The minimum absolute atomic E-state index is 0.0215. The molecule has 130 valence electrons. The van der Waals surface area contributed by atoms with E-state index in [0.29, 0.717) is 28.9 Å². The van der Waals surface area contributed by atoms with Crippen molar-refractivity contribution in [2.75, 3.05) is 12.3 Å². The lowest BCUT2D eigenvalue weighted by atomic mass is 10.2. The maximum Gasteiger partial charge on any atom is 0.232 e. The largest absolute Gasteiger partial charge is 0.441 e. The summed E-state index contributed by atoms with van der Waals surface area (Å²) in [4.78, 5) is 16.1. The Balaban J connectivity index is 1.96. The second-order valence-electron chi connectivity index (χ2n) is 5.46. The van der Waals surface area contributed by atoms with Gasteiger partial charge in [-0.2, -0.15) is 0 Å². The van der Waals surface area contributed by atoms with Gasteiger partial charge in [-0.15, -0.1) is 0 Å². The summed E-state index contributed by atoms with van der Waals surface area (Å²) in [5, 5.41) is 3.40. The van der Waals surface area contributed by atoms with Crippen LogP contribution in [0.25, 0.3) is 11.5 Å². The number of halogens is 1. The van der Waals surface area contributed by atoms with Gasteiger partial charge in [0.05, 0.1) is 11.4 Å². The van der Waals surface area contributed by atoms with Gasteiger partial charge >= 0.3 is 0 Å². The van der Waals surface area contributed by atoms with Crippen molar-refractivity contribution in [2.24, 2.45) is 0 Å². The molecule has 1 amide bonds. The normalized spacial score (nSPS) is 12.1. The molecule has 0 saturated heterocycles. The summed E-state index contributed by atoms with van der Waals surface area (Å²) < 4.78 is 17.8. The van der Waals surface area contributed by atoms with Crippen LogP contribution in [0.2, 0.25) is 5.02 Å². The standard InChI is InChI=1S/C17H21ClN2O3S/c1-3-4-9-19-16(21)11-24(22)10-15-12(2)23-17(20-15)13-5-7-14(18)8-6-13/h5-8H,3-4,9-11H2,1-2H3,(H,19,21)/t24-/m0/s1. The van der Waals surface area contributed by atoms with Crippen molar-refractivity contribution in [3.8, 4) is 11.5 Å². The molecule has 0 radical (unpaired) electrons. The Morgan fingerprint density at radius 3 is 2.71 bits per heavy atom. The average Bonchev–Trinajstić information content (AvgIpc) is 2.89. The van der Waals surface area contributed by atoms with Crippen LogP contribution >= 0.6 is 11.6 Å². The molecular formula is C17H21ClN2O3S. The quantitative estimate of drug-likeness (QED) is 0.724. The summed E-state index contributed by atoms with van der Waals surface area (Å²) in [6.45, 7) is 4.45. The molecule has 0 unspecified atom stereocenters. The molecule has 0 aliphatic rings. The van der Waals surface area contributed by atoms with E-state index < -0.39 is 10.8 Å². The van der Waals surface area contributed by atoms with Crippen LogP contribution in [0.4, 0.5) is 0 Å². The van der Waals surface area contributed by atoms with Crippen molar-refractivity contribution >= 4 is 28.3 Å². The van der Waals surface area contributed by atoms with Gasteiger partial charge in [0.15, 0.2) is 0 Å². The third-order valence-electron chi connectivity index (χ3n) is 3.43. The fraction of sp³-hybridized carbons (Fsp3) is 0.412. The molecular weight excluding hydrogens is 348 g/mol. The maximum atomic E-state index is 12.1. The van der Waals surface area contributed by atoms with Crippen molar-refractivity contribution in [3.63, 3.8) is 0 Å².